The van der Waals surface area contributed by atoms with Crippen molar-refractivity contribution in [2.45, 2.75) is 64.0 Å². The highest BCUT2D eigenvalue weighted by molar-refractivity contribution is 5.13. The normalized spacial score (nSPS) is 23.8. The monoisotopic (exact) mass is 248 g/mol. The quantitative estimate of drug-likeness (QED) is 0.812. The summed E-state index contributed by atoms with van der Waals surface area (Å²) in [6, 6.07) is 2.52. The predicted molar refractivity (Wildman–Crippen MR) is 73.5 cm³/mol. The molecule has 0 fully saturated rings. The molecular formula is C15H24N2O. The summed E-state index contributed by atoms with van der Waals surface area (Å²) in [5.74, 6) is 0. The maximum Gasteiger partial charge on any atom is 0.0883 e. The van der Waals surface area contributed by atoms with Crippen molar-refractivity contribution in [1.82, 2.24) is 9.78 Å². The lowest BCUT2D eigenvalue weighted by Crippen LogP contribution is -2.30. The number of rotatable bonds is 5. The minimum absolute atomic E-state index is 0.482. The van der Waals surface area contributed by atoms with Crippen LogP contribution in [0.25, 0.3) is 0 Å². The Morgan fingerprint density at radius 2 is 2.22 bits per heavy atom. The van der Waals surface area contributed by atoms with Crippen LogP contribution in [0.3, 0.4) is 0 Å². The smallest absolute Gasteiger partial charge is 0.0883 e. The maximum atomic E-state index is 10.5. The van der Waals surface area contributed by atoms with Crippen molar-refractivity contribution in [3.63, 3.8) is 0 Å². The van der Waals surface area contributed by atoms with Crippen LogP contribution in [-0.2, 0) is 6.42 Å². The van der Waals surface area contributed by atoms with Crippen LogP contribution in [0.2, 0.25) is 0 Å². The molecule has 1 N–H and O–H groups in total. The van der Waals surface area contributed by atoms with Crippen LogP contribution in [0.15, 0.2) is 24.4 Å². The number of aliphatic hydroxyl groups is 1. The van der Waals surface area contributed by atoms with E-state index in [0.29, 0.717) is 12.5 Å². The fraction of sp³-hybridized carbons (Fsp3) is 0.667. The second-order valence-corrected chi connectivity index (χ2v) is 5.33. The molecule has 0 aromatic carbocycles. The molecule has 1 heterocycles. The summed E-state index contributed by atoms with van der Waals surface area (Å²) in [6.45, 7) is 4.37. The molecule has 0 bridgehead atoms. The molecular weight excluding hydrogens is 224 g/mol. The van der Waals surface area contributed by atoms with E-state index < -0.39 is 5.60 Å². The molecule has 1 atom stereocenters. The fourth-order valence-corrected chi connectivity index (χ4v) is 2.71. The van der Waals surface area contributed by atoms with Gasteiger partial charge in [-0.3, -0.25) is 4.68 Å². The largest absolute Gasteiger partial charge is 0.385 e. The number of nitrogens with zero attached hydrogens (tertiary/aromatic N) is 2. The number of aromatic nitrogens is 2. The van der Waals surface area contributed by atoms with E-state index in [1.165, 1.54) is 0 Å². The summed E-state index contributed by atoms with van der Waals surface area (Å²) in [7, 11) is 0. The molecule has 2 rings (SSSR count). The Morgan fingerprint density at radius 3 is 2.83 bits per heavy atom. The van der Waals surface area contributed by atoms with Gasteiger partial charge in [-0.2, -0.15) is 5.10 Å². The Morgan fingerprint density at radius 1 is 1.44 bits per heavy atom. The Balaban J connectivity index is 2.06. The summed E-state index contributed by atoms with van der Waals surface area (Å²) >= 11 is 0. The highest BCUT2D eigenvalue weighted by Gasteiger charge is 2.26. The van der Waals surface area contributed by atoms with Gasteiger partial charge in [0.25, 0.3) is 0 Å². The van der Waals surface area contributed by atoms with Gasteiger partial charge in [0.2, 0.25) is 0 Å². The number of hydrogen-bond acceptors (Lipinski definition) is 2. The van der Waals surface area contributed by atoms with Crippen LogP contribution < -0.4 is 0 Å². The first-order valence-corrected chi connectivity index (χ1v) is 7.11. The van der Waals surface area contributed by atoms with Crippen molar-refractivity contribution in [3.8, 4) is 0 Å². The average molecular weight is 248 g/mol. The molecule has 0 saturated carbocycles. The van der Waals surface area contributed by atoms with Crippen molar-refractivity contribution in [3.05, 3.63) is 30.1 Å². The molecule has 1 aromatic heterocycles. The van der Waals surface area contributed by atoms with Gasteiger partial charge < -0.3 is 5.11 Å². The third-order valence-corrected chi connectivity index (χ3v) is 3.88. The van der Waals surface area contributed by atoms with Crippen LogP contribution in [0.1, 0.15) is 57.7 Å². The van der Waals surface area contributed by atoms with Crippen LogP contribution in [0.5, 0.6) is 0 Å². The maximum absolute atomic E-state index is 10.5. The van der Waals surface area contributed by atoms with E-state index >= 15 is 0 Å². The summed E-state index contributed by atoms with van der Waals surface area (Å²) in [4.78, 5) is 0. The molecule has 0 saturated heterocycles. The van der Waals surface area contributed by atoms with Gasteiger partial charge in [-0.25, -0.2) is 0 Å². The molecule has 1 aliphatic rings. The highest BCUT2D eigenvalue weighted by Crippen LogP contribution is 2.26. The SMILES string of the molecule is CCC(CC)n1ccc(CC2(O)C=CCCC2)n1. The van der Waals surface area contributed by atoms with E-state index in [4.69, 9.17) is 0 Å². The molecule has 100 valence electrons. The lowest BCUT2D eigenvalue weighted by Gasteiger charge is -2.26. The van der Waals surface area contributed by atoms with E-state index in [0.717, 1.165) is 37.8 Å². The first-order chi connectivity index (χ1) is 8.67. The Labute approximate surface area is 110 Å². The molecule has 0 spiro atoms. The van der Waals surface area contributed by atoms with E-state index in [1.807, 2.05) is 23.0 Å². The number of allylic oxidation sites excluding steroid dienone is 1. The average Bonchev–Trinajstić information content (AvgIpc) is 2.79. The molecule has 1 aromatic rings. The summed E-state index contributed by atoms with van der Waals surface area (Å²) in [5.41, 5.74) is 0.321. The zero-order chi connectivity index (χ0) is 13.0. The van der Waals surface area contributed by atoms with E-state index in [2.05, 4.69) is 25.0 Å². The van der Waals surface area contributed by atoms with Crippen molar-refractivity contribution >= 4 is 0 Å². The molecule has 1 unspecified atom stereocenters. The molecule has 3 heteroatoms. The van der Waals surface area contributed by atoms with Gasteiger partial charge in [0.1, 0.15) is 0 Å². The third kappa shape index (κ3) is 3.02. The van der Waals surface area contributed by atoms with Crippen molar-refractivity contribution in [2.24, 2.45) is 0 Å². The summed E-state index contributed by atoms with van der Waals surface area (Å²) < 4.78 is 2.05. The van der Waals surface area contributed by atoms with Crippen LogP contribution in [0, 0.1) is 0 Å². The van der Waals surface area contributed by atoms with Crippen molar-refractivity contribution in [1.29, 1.82) is 0 Å². The van der Waals surface area contributed by atoms with Gasteiger partial charge in [-0.05, 0) is 38.2 Å². The molecule has 0 amide bonds. The first kappa shape index (κ1) is 13.3. The van der Waals surface area contributed by atoms with Gasteiger partial charge in [0, 0.05) is 12.6 Å². The Kier molecular flexibility index (Phi) is 4.23. The van der Waals surface area contributed by atoms with Crippen molar-refractivity contribution < 1.29 is 5.11 Å². The zero-order valence-corrected chi connectivity index (χ0v) is 11.5. The van der Waals surface area contributed by atoms with Crippen LogP contribution >= 0.6 is 0 Å². The Hall–Kier alpha value is -1.09. The molecule has 0 aliphatic heterocycles. The molecule has 0 radical (unpaired) electrons. The molecule has 1 aliphatic carbocycles. The zero-order valence-electron chi connectivity index (χ0n) is 11.5. The standard InChI is InChI=1S/C15H24N2O/c1-3-14(4-2)17-11-8-13(16-17)12-15(18)9-6-5-7-10-15/h6,8-9,11,14,18H,3-5,7,10,12H2,1-2H3. The lowest BCUT2D eigenvalue weighted by molar-refractivity contribution is 0.0739. The first-order valence-electron chi connectivity index (χ1n) is 7.11. The second kappa shape index (κ2) is 5.70. The second-order valence-electron chi connectivity index (χ2n) is 5.33. The van der Waals surface area contributed by atoms with Gasteiger partial charge in [-0.1, -0.05) is 26.0 Å². The molecule has 3 nitrogen and oxygen atoms in total. The Bertz CT molecular complexity index is 406. The topological polar surface area (TPSA) is 38.0 Å². The highest BCUT2D eigenvalue weighted by atomic mass is 16.3. The van der Waals surface area contributed by atoms with Gasteiger partial charge >= 0.3 is 0 Å². The predicted octanol–water partition coefficient (Wildman–Crippen LogP) is 3.26. The fourth-order valence-electron chi connectivity index (χ4n) is 2.71. The van der Waals surface area contributed by atoms with E-state index in [-0.39, 0.29) is 0 Å². The summed E-state index contributed by atoms with van der Waals surface area (Å²) in [5, 5.41) is 15.1. The number of hydrogen-bond donors (Lipinski definition) is 1. The van der Waals surface area contributed by atoms with E-state index in [9.17, 15) is 5.11 Å². The van der Waals surface area contributed by atoms with Gasteiger partial charge in [-0.15, -0.1) is 0 Å². The van der Waals surface area contributed by atoms with Crippen LogP contribution in [0.4, 0.5) is 0 Å². The summed E-state index contributed by atoms with van der Waals surface area (Å²) in [6.07, 6.45) is 11.9. The molecule has 18 heavy (non-hydrogen) atoms. The van der Waals surface area contributed by atoms with Crippen molar-refractivity contribution in [2.75, 3.05) is 0 Å². The van der Waals surface area contributed by atoms with E-state index in [1.54, 1.807) is 0 Å². The third-order valence-electron chi connectivity index (χ3n) is 3.88. The van der Waals surface area contributed by atoms with Crippen LogP contribution in [-0.4, -0.2) is 20.5 Å². The lowest BCUT2D eigenvalue weighted by atomic mass is 9.87. The van der Waals surface area contributed by atoms with Gasteiger partial charge in [0.15, 0.2) is 0 Å². The minimum atomic E-state index is -0.675. The minimum Gasteiger partial charge on any atom is -0.385 e. The van der Waals surface area contributed by atoms with Gasteiger partial charge in [0.05, 0.1) is 17.3 Å².